The van der Waals surface area contributed by atoms with Gasteiger partial charge in [0.15, 0.2) is 0 Å². The minimum atomic E-state index is -0.207. The highest BCUT2D eigenvalue weighted by Gasteiger charge is 2.22. The first-order valence-corrected chi connectivity index (χ1v) is 11.6. The van der Waals surface area contributed by atoms with Crippen molar-refractivity contribution in [2.24, 2.45) is 7.05 Å². The van der Waals surface area contributed by atoms with Crippen LogP contribution in [-0.2, 0) is 18.4 Å². The molecule has 0 unspecified atom stereocenters. The van der Waals surface area contributed by atoms with E-state index >= 15 is 0 Å². The molecule has 5 aromatic rings. The van der Waals surface area contributed by atoms with E-state index in [1.807, 2.05) is 59.7 Å². The number of carbonyl (C=O) groups is 1. The molecular weight excluding hydrogens is 450 g/mol. The average Bonchev–Trinajstić information content (AvgIpc) is 3.41. The van der Waals surface area contributed by atoms with Crippen molar-refractivity contribution in [1.82, 2.24) is 24.3 Å². The summed E-state index contributed by atoms with van der Waals surface area (Å²) in [6.45, 7) is 8.11. The molecule has 3 heterocycles. The van der Waals surface area contributed by atoms with Crippen molar-refractivity contribution in [2.75, 3.05) is 11.1 Å². The van der Waals surface area contributed by atoms with E-state index in [-0.39, 0.29) is 5.91 Å². The van der Waals surface area contributed by atoms with Crippen LogP contribution in [0.5, 0.6) is 0 Å². The Kier molecular flexibility index (Phi) is 5.85. The summed E-state index contributed by atoms with van der Waals surface area (Å²) >= 11 is 0. The number of aryl methyl sites for hydroxylation is 2. The van der Waals surface area contributed by atoms with Crippen LogP contribution < -0.4 is 11.1 Å². The number of nitrogens with one attached hydrogen (secondary N) is 1. The third-order valence-corrected chi connectivity index (χ3v) is 6.30. The highest BCUT2D eigenvalue weighted by molar-refractivity contribution is 6.08. The van der Waals surface area contributed by atoms with Gasteiger partial charge in [0.1, 0.15) is 17.8 Å². The summed E-state index contributed by atoms with van der Waals surface area (Å²) in [5.41, 5.74) is 14.4. The number of hydrogen-bond acceptors (Lipinski definition) is 5. The van der Waals surface area contributed by atoms with Crippen LogP contribution in [0.4, 0.5) is 11.5 Å². The number of amides is 1. The first kappa shape index (κ1) is 23.0. The molecule has 5 rings (SSSR count). The number of nitrogens with zero attached hydrogens (tertiary/aromatic N) is 5. The Bertz CT molecular complexity index is 1590. The third kappa shape index (κ3) is 4.13. The molecule has 2 aromatic carbocycles. The molecule has 0 aliphatic rings. The molecule has 0 saturated carbocycles. The molecule has 8 heteroatoms. The van der Waals surface area contributed by atoms with Gasteiger partial charge in [-0.2, -0.15) is 5.10 Å². The minimum absolute atomic E-state index is 0.207. The molecule has 0 aliphatic heterocycles. The first-order valence-electron chi connectivity index (χ1n) is 11.6. The standard InChI is InChI=1S/C28H27N7O/c1-17(2)28(36)33-22-11-9-21(10-12-22)25-23(24-26(29)30-16-31-27(24)34(25)4)20-7-5-19(6-8-20)15-35-18(3)13-14-32-35/h5-14,16H,1,15H2,2-4H3,(H,33,36)(H2,29,30,31). The number of nitrogens with two attached hydrogens (primary N) is 1. The Hall–Kier alpha value is -4.72. The van der Waals surface area contributed by atoms with Crippen molar-refractivity contribution in [3.63, 3.8) is 0 Å². The van der Waals surface area contributed by atoms with Gasteiger partial charge in [-0.25, -0.2) is 9.97 Å². The largest absolute Gasteiger partial charge is 0.383 e. The fourth-order valence-electron chi connectivity index (χ4n) is 4.36. The van der Waals surface area contributed by atoms with E-state index in [4.69, 9.17) is 5.73 Å². The van der Waals surface area contributed by atoms with Crippen molar-refractivity contribution in [1.29, 1.82) is 0 Å². The minimum Gasteiger partial charge on any atom is -0.383 e. The lowest BCUT2D eigenvalue weighted by atomic mass is 9.97. The number of carbonyl (C=O) groups excluding carboxylic acids is 1. The van der Waals surface area contributed by atoms with Gasteiger partial charge in [-0.1, -0.05) is 43.0 Å². The Balaban J connectivity index is 1.59. The molecule has 3 N–H and O–H groups in total. The van der Waals surface area contributed by atoms with Crippen LogP contribution in [0.1, 0.15) is 18.2 Å². The van der Waals surface area contributed by atoms with Gasteiger partial charge in [0.05, 0.1) is 17.6 Å². The topological polar surface area (TPSA) is 104 Å². The molecule has 1 amide bonds. The number of nitrogen functional groups attached to an aromatic ring is 1. The van der Waals surface area contributed by atoms with Gasteiger partial charge in [-0.05, 0) is 48.7 Å². The zero-order valence-corrected chi connectivity index (χ0v) is 20.5. The van der Waals surface area contributed by atoms with Crippen LogP contribution in [-0.4, -0.2) is 30.2 Å². The quantitative estimate of drug-likeness (QED) is 0.337. The first-order chi connectivity index (χ1) is 17.3. The number of rotatable bonds is 6. The van der Waals surface area contributed by atoms with Gasteiger partial charge in [0.25, 0.3) is 5.91 Å². The fourth-order valence-corrected chi connectivity index (χ4v) is 4.36. The van der Waals surface area contributed by atoms with E-state index < -0.39 is 0 Å². The zero-order valence-electron chi connectivity index (χ0n) is 20.5. The van der Waals surface area contributed by atoms with Crippen LogP contribution in [0.2, 0.25) is 0 Å². The summed E-state index contributed by atoms with van der Waals surface area (Å²) in [6, 6.07) is 18.1. The molecule has 0 fully saturated rings. The molecule has 0 atom stereocenters. The Morgan fingerprint density at radius 3 is 2.36 bits per heavy atom. The molecule has 3 aromatic heterocycles. The van der Waals surface area contributed by atoms with Gasteiger partial charge in [-0.15, -0.1) is 0 Å². The summed E-state index contributed by atoms with van der Waals surface area (Å²) in [7, 11) is 1.97. The number of aromatic nitrogens is 5. The van der Waals surface area contributed by atoms with E-state index in [1.54, 1.807) is 6.92 Å². The number of hydrogen-bond donors (Lipinski definition) is 2. The molecular formula is C28H27N7O. The lowest BCUT2D eigenvalue weighted by Crippen LogP contribution is -2.11. The number of benzene rings is 2. The lowest BCUT2D eigenvalue weighted by molar-refractivity contribution is -0.112. The Morgan fingerprint density at radius 1 is 1.03 bits per heavy atom. The van der Waals surface area contributed by atoms with E-state index in [0.29, 0.717) is 23.6 Å². The molecule has 0 spiro atoms. The highest BCUT2D eigenvalue weighted by atomic mass is 16.1. The zero-order chi connectivity index (χ0) is 25.4. The van der Waals surface area contributed by atoms with Crippen LogP contribution in [0.15, 0.2) is 79.3 Å². The third-order valence-electron chi connectivity index (χ3n) is 6.30. The van der Waals surface area contributed by atoms with Gasteiger partial charge >= 0.3 is 0 Å². The van der Waals surface area contributed by atoms with E-state index in [0.717, 1.165) is 44.7 Å². The highest BCUT2D eigenvalue weighted by Crippen LogP contribution is 2.41. The van der Waals surface area contributed by atoms with Gasteiger partial charge in [-0.3, -0.25) is 9.48 Å². The summed E-state index contributed by atoms with van der Waals surface area (Å²) in [5, 5.41) is 8.05. The molecule has 180 valence electrons. The van der Waals surface area contributed by atoms with Crippen LogP contribution in [0.3, 0.4) is 0 Å². The molecule has 0 bridgehead atoms. The maximum atomic E-state index is 12.0. The van der Waals surface area contributed by atoms with Crippen molar-refractivity contribution in [2.45, 2.75) is 20.4 Å². The van der Waals surface area contributed by atoms with Gasteiger partial charge < -0.3 is 15.6 Å². The molecule has 0 saturated heterocycles. The maximum Gasteiger partial charge on any atom is 0.250 e. The fraction of sp³-hybridized carbons (Fsp3) is 0.143. The average molecular weight is 478 g/mol. The Labute approximate surface area is 209 Å². The number of anilines is 2. The summed E-state index contributed by atoms with van der Waals surface area (Å²) in [4.78, 5) is 20.8. The Morgan fingerprint density at radius 2 is 1.72 bits per heavy atom. The predicted molar refractivity (Wildman–Crippen MR) is 143 cm³/mol. The second-order valence-electron chi connectivity index (χ2n) is 8.88. The van der Waals surface area contributed by atoms with Crippen LogP contribution in [0.25, 0.3) is 33.4 Å². The summed E-state index contributed by atoms with van der Waals surface area (Å²) < 4.78 is 4.00. The van der Waals surface area contributed by atoms with Crippen LogP contribution in [0, 0.1) is 6.92 Å². The molecule has 0 aliphatic carbocycles. The van der Waals surface area contributed by atoms with Gasteiger partial charge in [0.2, 0.25) is 0 Å². The summed E-state index contributed by atoms with van der Waals surface area (Å²) in [5.74, 6) is 0.222. The summed E-state index contributed by atoms with van der Waals surface area (Å²) in [6.07, 6.45) is 3.29. The molecule has 0 radical (unpaired) electrons. The van der Waals surface area contributed by atoms with Crippen molar-refractivity contribution >= 4 is 28.4 Å². The monoisotopic (exact) mass is 477 g/mol. The molecule has 8 nitrogen and oxygen atoms in total. The predicted octanol–water partition coefficient (Wildman–Crippen LogP) is 4.95. The number of fused-ring (bicyclic) bond motifs is 1. The van der Waals surface area contributed by atoms with Gasteiger partial charge in [0, 0.05) is 35.8 Å². The van der Waals surface area contributed by atoms with E-state index in [9.17, 15) is 4.79 Å². The second kappa shape index (κ2) is 9.14. The normalized spacial score (nSPS) is 11.1. The smallest absolute Gasteiger partial charge is 0.250 e. The van der Waals surface area contributed by atoms with Crippen molar-refractivity contribution in [3.05, 3.63) is 90.5 Å². The SMILES string of the molecule is C=C(C)C(=O)Nc1ccc(-c2c(-c3ccc(Cn4nccc4C)cc3)c3c(N)ncnc3n2C)cc1. The van der Waals surface area contributed by atoms with E-state index in [1.165, 1.54) is 6.33 Å². The second-order valence-corrected chi connectivity index (χ2v) is 8.88. The van der Waals surface area contributed by atoms with Crippen molar-refractivity contribution < 1.29 is 4.79 Å². The lowest BCUT2D eigenvalue weighted by Gasteiger charge is -2.11. The van der Waals surface area contributed by atoms with Crippen LogP contribution >= 0.6 is 0 Å². The van der Waals surface area contributed by atoms with E-state index in [2.05, 4.69) is 51.2 Å². The van der Waals surface area contributed by atoms with Crippen molar-refractivity contribution in [3.8, 4) is 22.4 Å². The molecule has 36 heavy (non-hydrogen) atoms. The maximum absolute atomic E-state index is 12.0.